The number of rotatable bonds is 6. The standard InChI is InChI=1S/C20H24N6O/c1-13-7-14(2)9-17(8-13)20(27)22-6-5-21-18-11-19(24-12-23-18)26-16(4)10-15(3)25-26/h7-12H,5-6H2,1-4H3,(H,22,27)(H,21,23,24). The molecule has 27 heavy (non-hydrogen) atoms. The fourth-order valence-electron chi connectivity index (χ4n) is 2.99. The van der Waals surface area contributed by atoms with Gasteiger partial charge in [-0.05, 0) is 45.9 Å². The van der Waals surface area contributed by atoms with Crippen molar-refractivity contribution in [1.82, 2.24) is 25.1 Å². The molecule has 0 atom stereocenters. The summed E-state index contributed by atoms with van der Waals surface area (Å²) in [6, 6.07) is 9.67. The molecule has 140 valence electrons. The Hall–Kier alpha value is -3.22. The van der Waals surface area contributed by atoms with Gasteiger partial charge in [-0.3, -0.25) is 4.79 Å². The smallest absolute Gasteiger partial charge is 0.251 e. The van der Waals surface area contributed by atoms with Gasteiger partial charge in [0.1, 0.15) is 12.1 Å². The molecule has 0 unspecified atom stereocenters. The molecule has 3 aromatic rings. The van der Waals surface area contributed by atoms with Crippen LogP contribution in [0.4, 0.5) is 5.82 Å². The highest BCUT2D eigenvalue weighted by atomic mass is 16.1. The Morgan fingerprint density at radius 1 is 0.963 bits per heavy atom. The van der Waals surface area contributed by atoms with Crippen molar-refractivity contribution in [2.45, 2.75) is 27.7 Å². The second-order valence-corrected chi connectivity index (χ2v) is 6.66. The maximum absolute atomic E-state index is 12.3. The van der Waals surface area contributed by atoms with Gasteiger partial charge in [-0.15, -0.1) is 0 Å². The summed E-state index contributed by atoms with van der Waals surface area (Å²) in [6.45, 7) is 8.96. The van der Waals surface area contributed by atoms with Crippen molar-refractivity contribution < 1.29 is 4.79 Å². The molecule has 0 aliphatic heterocycles. The monoisotopic (exact) mass is 364 g/mol. The van der Waals surface area contributed by atoms with Gasteiger partial charge in [0, 0.05) is 30.4 Å². The molecule has 0 aliphatic carbocycles. The highest BCUT2D eigenvalue weighted by Crippen LogP contribution is 2.12. The zero-order chi connectivity index (χ0) is 19.4. The van der Waals surface area contributed by atoms with Crippen LogP contribution in [-0.4, -0.2) is 38.7 Å². The van der Waals surface area contributed by atoms with Gasteiger partial charge in [0.05, 0.1) is 5.69 Å². The molecule has 0 saturated carbocycles. The molecule has 7 nitrogen and oxygen atoms in total. The van der Waals surface area contributed by atoms with Crippen molar-refractivity contribution >= 4 is 11.7 Å². The molecule has 0 aliphatic rings. The number of amides is 1. The second kappa shape index (κ2) is 7.99. The highest BCUT2D eigenvalue weighted by molar-refractivity contribution is 5.94. The second-order valence-electron chi connectivity index (χ2n) is 6.66. The van der Waals surface area contributed by atoms with Gasteiger partial charge in [-0.25, -0.2) is 14.6 Å². The quantitative estimate of drug-likeness (QED) is 0.657. The number of nitrogens with zero attached hydrogens (tertiary/aromatic N) is 4. The molecule has 0 bridgehead atoms. The van der Waals surface area contributed by atoms with Gasteiger partial charge in [-0.1, -0.05) is 17.2 Å². The minimum atomic E-state index is -0.0744. The normalized spacial score (nSPS) is 10.7. The average molecular weight is 364 g/mol. The fraction of sp³-hybridized carbons (Fsp3) is 0.300. The number of carbonyl (C=O) groups is 1. The SMILES string of the molecule is Cc1cc(C)cc(C(=O)NCCNc2cc(-n3nc(C)cc3C)ncn2)c1. The summed E-state index contributed by atoms with van der Waals surface area (Å²) in [5, 5.41) is 10.6. The van der Waals surface area contributed by atoms with Crippen molar-refractivity contribution in [1.29, 1.82) is 0 Å². The van der Waals surface area contributed by atoms with Crippen LogP contribution in [0, 0.1) is 27.7 Å². The van der Waals surface area contributed by atoms with Crippen molar-refractivity contribution in [3.8, 4) is 5.82 Å². The summed E-state index contributed by atoms with van der Waals surface area (Å²) in [5.74, 6) is 1.32. The lowest BCUT2D eigenvalue weighted by atomic mass is 10.1. The largest absolute Gasteiger partial charge is 0.368 e. The molecule has 0 fully saturated rings. The number of carbonyl (C=O) groups excluding carboxylic acids is 1. The number of hydrogen-bond donors (Lipinski definition) is 2. The Kier molecular flexibility index (Phi) is 5.49. The average Bonchev–Trinajstić information content (AvgIpc) is 2.96. The zero-order valence-corrected chi connectivity index (χ0v) is 16.1. The van der Waals surface area contributed by atoms with Crippen LogP contribution in [-0.2, 0) is 0 Å². The summed E-state index contributed by atoms with van der Waals surface area (Å²) in [6.07, 6.45) is 1.50. The van der Waals surface area contributed by atoms with Crippen molar-refractivity contribution in [3.63, 3.8) is 0 Å². The zero-order valence-electron chi connectivity index (χ0n) is 16.1. The van der Waals surface area contributed by atoms with Gasteiger partial charge < -0.3 is 10.6 Å². The molecular formula is C20H24N6O. The summed E-state index contributed by atoms with van der Waals surface area (Å²) in [4.78, 5) is 20.8. The first-order valence-electron chi connectivity index (χ1n) is 8.88. The number of hydrogen-bond acceptors (Lipinski definition) is 5. The molecule has 0 spiro atoms. The molecule has 0 saturated heterocycles. The Morgan fingerprint density at radius 3 is 2.37 bits per heavy atom. The number of nitrogens with one attached hydrogen (secondary N) is 2. The van der Waals surface area contributed by atoms with E-state index in [4.69, 9.17) is 0 Å². The lowest BCUT2D eigenvalue weighted by molar-refractivity contribution is 0.0955. The lowest BCUT2D eigenvalue weighted by Crippen LogP contribution is -2.29. The summed E-state index contributed by atoms with van der Waals surface area (Å²) >= 11 is 0. The van der Waals surface area contributed by atoms with E-state index in [9.17, 15) is 4.79 Å². The molecule has 7 heteroatoms. The molecular weight excluding hydrogens is 340 g/mol. The molecule has 1 aromatic carbocycles. The van der Waals surface area contributed by atoms with Gasteiger partial charge in [0.2, 0.25) is 0 Å². The van der Waals surface area contributed by atoms with E-state index in [0.717, 1.165) is 22.5 Å². The van der Waals surface area contributed by atoms with E-state index < -0.39 is 0 Å². The Balaban J connectivity index is 1.56. The summed E-state index contributed by atoms with van der Waals surface area (Å²) in [7, 11) is 0. The van der Waals surface area contributed by atoms with Crippen LogP contribution in [0.1, 0.15) is 32.9 Å². The van der Waals surface area contributed by atoms with Crippen LogP contribution in [0.5, 0.6) is 0 Å². The van der Waals surface area contributed by atoms with E-state index in [0.29, 0.717) is 30.3 Å². The fourth-order valence-corrected chi connectivity index (χ4v) is 2.99. The van der Waals surface area contributed by atoms with Crippen LogP contribution in [0.25, 0.3) is 5.82 Å². The minimum absolute atomic E-state index is 0.0744. The van der Waals surface area contributed by atoms with Crippen molar-refractivity contribution in [2.75, 3.05) is 18.4 Å². The first kappa shape index (κ1) is 18.6. The van der Waals surface area contributed by atoms with E-state index in [-0.39, 0.29) is 5.91 Å². The lowest BCUT2D eigenvalue weighted by Gasteiger charge is -2.10. The summed E-state index contributed by atoms with van der Waals surface area (Å²) < 4.78 is 1.78. The van der Waals surface area contributed by atoms with Crippen molar-refractivity contribution in [3.05, 3.63) is 64.7 Å². The Morgan fingerprint density at radius 2 is 1.70 bits per heavy atom. The number of anilines is 1. The predicted molar refractivity (Wildman–Crippen MR) is 105 cm³/mol. The van der Waals surface area contributed by atoms with Crippen molar-refractivity contribution in [2.24, 2.45) is 0 Å². The maximum Gasteiger partial charge on any atom is 0.251 e. The van der Waals surface area contributed by atoms with E-state index in [1.807, 2.05) is 58.0 Å². The van der Waals surface area contributed by atoms with E-state index in [1.54, 1.807) is 4.68 Å². The van der Waals surface area contributed by atoms with Gasteiger partial charge in [0.25, 0.3) is 5.91 Å². The van der Waals surface area contributed by atoms with Gasteiger partial charge >= 0.3 is 0 Å². The third kappa shape index (κ3) is 4.69. The molecule has 2 heterocycles. The van der Waals surface area contributed by atoms with Crippen LogP contribution < -0.4 is 10.6 Å². The first-order valence-corrected chi connectivity index (χ1v) is 8.88. The topological polar surface area (TPSA) is 84.7 Å². The predicted octanol–water partition coefficient (Wildman–Crippen LogP) is 2.74. The third-order valence-electron chi connectivity index (χ3n) is 4.08. The Labute approximate surface area is 158 Å². The number of aromatic nitrogens is 4. The first-order chi connectivity index (χ1) is 12.9. The molecule has 1 amide bonds. The molecule has 3 rings (SSSR count). The maximum atomic E-state index is 12.3. The molecule has 0 radical (unpaired) electrons. The minimum Gasteiger partial charge on any atom is -0.368 e. The molecule has 2 N–H and O–H groups in total. The van der Waals surface area contributed by atoms with Crippen LogP contribution in [0.2, 0.25) is 0 Å². The van der Waals surface area contributed by atoms with E-state index in [1.165, 1.54) is 6.33 Å². The third-order valence-corrected chi connectivity index (χ3v) is 4.08. The number of aryl methyl sites for hydroxylation is 4. The summed E-state index contributed by atoms with van der Waals surface area (Å²) in [5.41, 5.74) is 4.79. The van der Waals surface area contributed by atoms with Gasteiger partial charge in [-0.2, -0.15) is 5.10 Å². The van der Waals surface area contributed by atoms with E-state index in [2.05, 4.69) is 25.7 Å². The number of benzene rings is 1. The molecule has 2 aromatic heterocycles. The van der Waals surface area contributed by atoms with Crippen LogP contribution in [0.15, 0.2) is 36.7 Å². The van der Waals surface area contributed by atoms with Crippen LogP contribution in [0.3, 0.4) is 0 Å². The van der Waals surface area contributed by atoms with E-state index >= 15 is 0 Å². The highest BCUT2D eigenvalue weighted by Gasteiger charge is 2.08. The Bertz CT molecular complexity index is 943. The van der Waals surface area contributed by atoms with Crippen LogP contribution >= 0.6 is 0 Å². The van der Waals surface area contributed by atoms with Gasteiger partial charge in [0.15, 0.2) is 5.82 Å².